The highest BCUT2D eigenvalue weighted by Crippen LogP contribution is 2.12. The van der Waals surface area contributed by atoms with E-state index in [2.05, 4.69) is 5.32 Å². The van der Waals surface area contributed by atoms with E-state index < -0.39 is 0 Å². The average molecular weight is 224 g/mol. The maximum absolute atomic E-state index is 13.0. The molecule has 0 radical (unpaired) electrons. The van der Waals surface area contributed by atoms with Gasteiger partial charge in [-0.25, -0.2) is 4.39 Å². The van der Waals surface area contributed by atoms with Crippen LogP contribution in [-0.4, -0.2) is 38.0 Å². The predicted octanol–water partition coefficient (Wildman–Crippen LogP) is 1.43. The van der Waals surface area contributed by atoms with Gasteiger partial charge in [0.15, 0.2) is 0 Å². The fraction of sp³-hybridized carbons (Fsp3) is 0.417. The van der Waals surface area contributed by atoms with Gasteiger partial charge in [-0.2, -0.15) is 0 Å². The van der Waals surface area contributed by atoms with E-state index in [-0.39, 0.29) is 11.7 Å². The van der Waals surface area contributed by atoms with Crippen LogP contribution in [0.2, 0.25) is 0 Å². The standard InChI is InChI=1S/C12H17FN2O/c1-9-4-5-10(13)8-11(9)12(16)15(3)7-6-14-2/h4-5,8,14H,6-7H2,1-3H3. The summed E-state index contributed by atoms with van der Waals surface area (Å²) >= 11 is 0. The summed E-state index contributed by atoms with van der Waals surface area (Å²) in [6, 6.07) is 4.27. The molecule has 0 aliphatic rings. The summed E-state index contributed by atoms with van der Waals surface area (Å²) in [6.45, 7) is 3.13. The third-order valence-corrected chi connectivity index (χ3v) is 2.47. The summed E-state index contributed by atoms with van der Waals surface area (Å²) in [5.74, 6) is -0.525. The molecule has 1 aromatic rings. The maximum atomic E-state index is 13.0. The first-order valence-electron chi connectivity index (χ1n) is 5.22. The lowest BCUT2D eigenvalue weighted by atomic mass is 10.1. The summed E-state index contributed by atoms with van der Waals surface area (Å²) in [6.07, 6.45) is 0. The summed E-state index contributed by atoms with van der Waals surface area (Å²) in [7, 11) is 3.54. The van der Waals surface area contributed by atoms with Gasteiger partial charge in [0.2, 0.25) is 0 Å². The molecule has 0 fully saturated rings. The van der Waals surface area contributed by atoms with Crippen LogP contribution in [0, 0.1) is 12.7 Å². The first kappa shape index (κ1) is 12.6. The van der Waals surface area contributed by atoms with Crippen LogP contribution in [0.1, 0.15) is 15.9 Å². The van der Waals surface area contributed by atoms with Crippen molar-refractivity contribution in [2.45, 2.75) is 6.92 Å². The number of nitrogens with zero attached hydrogens (tertiary/aromatic N) is 1. The number of rotatable bonds is 4. The van der Waals surface area contributed by atoms with Gasteiger partial charge < -0.3 is 10.2 Å². The van der Waals surface area contributed by atoms with Crippen LogP contribution < -0.4 is 5.32 Å². The third-order valence-electron chi connectivity index (χ3n) is 2.47. The Morgan fingerprint density at radius 2 is 2.19 bits per heavy atom. The molecule has 0 unspecified atom stereocenters. The quantitative estimate of drug-likeness (QED) is 0.839. The smallest absolute Gasteiger partial charge is 0.254 e. The van der Waals surface area contributed by atoms with Crippen molar-refractivity contribution in [3.63, 3.8) is 0 Å². The Balaban J connectivity index is 2.83. The topological polar surface area (TPSA) is 32.3 Å². The molecule has 0 atom stereocenters. The second-order valence-electron chi connectivity index (χ2n) is 3.79. The molecular weight excluding hydrogens is 207 g/mol. The van der Waals surface area contributed by atoms with Crippen LogP contribution in [0.15, 0.2) is 18.2 Å². The highest BCUT2D eigenvalue weighted by molar-refractivity contribution is 5.95. The van der Waals surface area contributed by atoms with Crippen molar-refractivity contribution in [1.29, 1.82) is 0 Å². The van der Waals surface area contributed by atoms with Crippen molar-refractivity contribution in [1.82, 2.24) is 10.2 Å². The van der Waals surface area contributed by atoms with Crippen molar-refractivity contribution in [2.75, 3.05) is 27.2 Å². The monoisotopic (exact) mass is 224 g/mol. The lowest BCUT2D eigenvalue weighted by molar-refractivity contribution is 0.0795. The molecule has 0 heterocycles. The van der Waals surface area contributed by atoms with E-state index in [0.29, 0.717) is 12.1 Å². The van der Waals surface area contributed by atoms with Crippen molar-refractivity contribution in [3.05, 3.63) is 35.1 Å². The Kier molecular flexibility index (Phi) is 4.43. The molecule has 0 spiro atoms. The number of amides is 1. The van der Waals surface area contributed by atoms with Gasteiger partial charge >= 0.3 is 0 Å². The Hall–Kier alpha value is -1.42. The van der Waals surface area contributed by atoms with Crippen molar-refractivity contribution >= 4 is 5.91 Å². The number of carbonyl (C=O) groups is 1. The Bertz CT molecular complexity index is 379. The molecule has 1 aromatic carbocycles. The number of nitrogens with one attached hydrogen (secondary N) is 1. The number of hydrogen-bond acceptors (Lipinski definition) is 2. The van der Waals surface area contributed by atoms with E-state index in [1.54, 1.807) is 24.9 Å². The van der Waals surface area contributed by atoms with Crippen molar-refractivity contribution in [2.24, 2.45) is 0 Å². The SMILES string of the molecule is CNCCN(C)C(=O)c1cc(F)ccc1C. The van der Waals surface area contributed by atoms with E-state index >= 15 is 0 Å². The third kappa shape index (κ3) is 3.03. The van der Waals surface area contributed by atoms with Gasteiger partial charge in [0.25, 0.3) is 5.91 Å². The molecule has 1 amide bonds. The van der Waals surface area contributed by atoms with E-state index in [1.165, 1.54) is 12.1 Å². The molecule has 4 heteroatoms. The molecule has 0 saturated heterocycles. The van der Waals surface area contributed by atoms with E-state index in [9.17, 15) is 9.18 Å². The zero-order valence-electron chi connectivity index (χ0n) is 9.88. The van der Waals surface area contributed by atoms with Crippen LogP contribution in [-0.2, 0) is 0 Å². The van der Waals surface area contributed by atoms with Crippen LogP contribution in [0.25, 0.3) is 0 Å². The largest absolute Gasteiger partial charge is 0.340 e. The van der Waals surface area contributed by atoms with Crippen molar-refractivity contribution in [3.8, 4) is 0 Å². The predicted molar refractivity (Wildman–Crippen MR) is 62.0 cm³/mol. The first-order valence-corrected chi connectivity index (χ1v) is 5.22. The van der Waals surface area contributed by atoms with Gasteiger partial charge in [-0.05, 0) is 31.7 Å². The number of halogens is 1. The fourth-order valence-electron chi connectivity index (χ4n) is 1.41. The van der Waals surface area contributed by atoms with E-state index in [0.717, 1.165) is 12.1 Å². The second kappa shape index (κ2) is 5.61. The maximum Gasteiger partial charge on any atom is 0.254 e. The minimum atomic E-state index is -0.379. The number of carbonyl (C=O) groups excluding carboxylic acids is 1. The average Bonchev–Trinajstić information content (AvgIpc) is 2.28. The zero-order valence-corrected chi connectivity index (χ0v) is 9.88. The molecule has 3 nitrogen and oxygen atoms in total. The second-order valence-corrected chi connectivity index (χ2v) is 3.79. The Morgan fingerprint density at radius 1 is 1.50 bits per heavy atom. The van der Waals surface area contributed by atoms with E-state index in [4.69, 9.17) is 0 Å². The summed E-state index contributed by atoms with van der Waals surface area (Å²) in [4.78, 5) is 13.5. The normalized spacial score (nSPS) is 10.2. The van der Waals surface area contributed by atoms with Gasteiger partial charge in [0, 0.05) is 25.7 Å². The van der Waals surface area contributed by atoms with Gasteiger partial charge in [-0.1, -0.05) is 6.07 Å². The number of benzene rings is 1. The number of hydrogen-bond donors (Lipinski definition) is 1. The molecule has 1 rings (SSSR count). The highest BCUT2D eigenvalue weighted by Gasteiger charge is 2.14. The minimum absolute atomic E-state index is 0.146. The molecule has 0 bridgehead atoms. The molecule has 0 aliphatic carbocycles. The van der Waals surface area contributed by atoms with Crippen LogP contribution in [0.3, 0.4) is 0 Å². The molecule has 0 aliphatic heterocycles. The van der Waals surface area contributed by atoms with Gasteiger partial charge in [0.05, 0.1) is 0 Å². The number of likely N-dealkylation sites (N-methyl/N-ethyl adjacent to an activating group) is 2. The molecular formula is C12H17FN2O. The van der Waals surface area contributed by atoms with E-state index in [1.807, 2.05) is 7.05 Å². The molecule has 0 aromatic heterocycles. The van der Waals surface area contributed by atoms with Crippen molar-refractivity contribution < 1.29 is 9.18 Å². The highest BCUT2D eigenvalue weighted by atomic mass is 19.1. The van der Waals surface area contributed by atoms with Crippen LogP contribution in [0.4, 0.5) is 4.39 Å². The summed E-state index contributed by atoms with van der Waals surface area (Å²) < 4.78 is 13.0. The van der Waals surface area contributed by atoms with Gasteiger partial charge in [-0.3, -0.25) is 4.79 Å². The number of aryl methyl sites for hydroxylation is 1. The zero-order chi connectivity index (χ0) is 12.1. The van der Waals surface area contributed by atoms with Gasteiger partial charge in [-0.15, -0.1) is 0 Å². The molecule has 1 N–H and O–H groups in total. The molecule has 0 saturated carbocycles. The van der Waals surface area contributed by atoms with Crippen LogP contribution in [0.5, 0.6) is 0 Å². The fourth-order valence-corrected chi connectivity index (χ4v) is 1.41. The minimum Gasteiger partial charge on any atom is -0.340 e. The molecule has 16 heavy (non-hydrogen) atoms. The summed E-state index contributed by atoms with van der Waals surface area (Å²) in [5, 5.41) is 2.96. The molecule has 88 valence electrons. The Morgan fingerprint density at radius 3 is 2.81 bits per heavy atom. The lowest BCUT2D eigenvalue weighted by Gasteiger charge is -2.18. The lowest BCUT2D eigenvalue weighted by Crippen LogP contribution is -2.33. The van der Waals surface area contributed by atoms with Crippen LogP contribution >= 0.6 is 0 Å². The Labute approximate surface area is 95.3 Å². The first-order chi connectivity index (χ1) is 7.56. The van der Waals surface area contributed by atoms with Gasteiger partial charge in [0.1, 0.15) is 5.82 Å². The summed E-state index contributed by atoms with van der Waals surface area (Å²) in [5.41, 5.74) is 1.22.